The molecule has 8 heteroatoms. The molecule has 2 aromatic heterocycles. The Morgan fingerprint density at radius 1 is 1.13 bits per heavy atom. The molecule has 0 atom stereocenters. The van der Waals surface area contributed by atoms with Gasteiger partial charge in [-0.3, -0.25) is 9.47 Å². The molecule has 0 unspecified atom stereocenters. The Morgan fingerprint density at radius 3 is 2.60 bits per heavy atom. The number of amides is 2. The molecule has 1 saturated carbocycles. The first-order chi connectivity index (χ1) is 14.6. The third-order valence-corrected chi connectivity index (χ3v) is 6.44. The number of benzene rings is 1. The average Bonchev–Trinajstić information content (AvgIpc) is 3.18. The maximum absolute atomic E-state index is 13.6. The molecule has 1 aliphatic carbocycles. The number of carbonyl (C=O) groups is 1. The Labute approximate surface area is 174 Å². The highest BCUT2D eigenvalue weighted by Gasteiger charge is 2.46. The number of nitrogens with zero attached hydrogens (tertiary/aromatic N) is 6. The zero-order valence-corrected chi connectivity index (χ0v) is 17.2. The molecule has 0 radical (unpaired) electrons. The van der Waals surface area contributed by atoms with E-state index in [2.05, 4.69) is 33.5 Å². The normalized spacial score (nSPS) is 19.7. The standard InChI is InChI=1S/C22H24N6O2/c1-22(2)18-17(19-24-20(30-25-19)14-9-10-14)23-13-27(18)15-7-3-4-8-16(15)28(22)21(29)26-11-5-6-12-26/h3-4,7-8,13-14H,5-6,9-12H2,1-2H3. The summed E-state index contributed by atoms with van der Waals surface area (Å²) in [5.74, 6) is 1.56. The Kier molecular flexibility index (Phi) is 3.63. The molecule has 0 spiro atoms. The van der Waals surface area contributed by atoms with Crippen molar-refractivity contribution < 1.29 is 9.32 Å². The number of aromatic nitrogens is 4. The Hall–Kier alpha value is -3.16. The van der Waals surface area contributed by atoms with Crippen LogP contribution in [0.25, 0.3) is 17.2 Å². The second-order valence-electron chi connectivity index (χ2n) is 8.90. The van der Waals surface area contributed by atoms with Crippen molar-refractivity contribution in [3.8, 4) is 17.2 Å². The zero-order valence-electron chi connectivity index (χ0n) is 17.2. The van der Waals surface area contributed by atoms with Crippen LogP contribution < -0.4 is 4.90 Å². The Balaban J connectivity index is 1.52. The van der Waals surface area contributed by atoms with Crippen LogP contribution in [-0.2, 0) is 5.54 Å². The van der Waals surface area contributed by atoms with Gasteiger partial charge in [-0.05, 0) is 51.7 Å². The molecule has 2 aliphatic heterocycles. The number of fused-ring (bicyclic) bond motifs is 3. The summed E-state index contributed by atoms with van der Waals surface area (Å²) in [6.07, 6.45) is 6.10. The number of imidazole rings is 1. The number of hydrogen-bond donors (Lipinski definition) is 0. The number of rotatable bonds is 2. The minimum Gasteiger partial charge on any atom is -0.339 e. The van der Waals surface area contributed by atoms with E-state index in [4.69, 9.17) is 4.52 Å². The van der Waals surface area contributed by atoms with E-state index in [1.54, 1.807) is 6.33 Å². The van der Waals surface area contributed by atoms with Crippen molar-refractivity contribution >= 4 is 11.7 Å². The van der Waals surface area contributed by atoms with Gasteiger partial charge in [-0.1, -0.05) is 17.3 Å². The largest absolute Gasteiger partial charge is 0.339 e. The van der Waals surface area contributed by atoms with Crippen LogP contribution in [0.4, 0.5) is 10.5 Å². The van der Waals surface area contributed by atoms with E-state index in [9.17, 15) is 4.79 Å². The van der Waals surface area contributed by atoms with Gasteiger partial charge in [-0.15, -0.1) is 0 Å². The summed E-state index contributed by atoms with van der Waals surface area (Å²) >= 11 is 0. The highest BCUT2D eigenvalue weighted by atomic mass is 16.5. The maximum atomic E-state index is 13.6. The van der Waals surface area contributed by atoms with E-state index in [0.717, 1.165) is 55.8 Å². The van der Waals surface area contributed by atoms with Crippen LogP contribution in [0.15, 0.2) is 35.1 Å². The van der Waals surface area contributed by atoms with Crippen molar-refractivity contribution in [1.29, 1.82) is 0 Å². The predicted molar refractivity (Wildman–Crippen MR) is 111 cm³/mol. The molecule has 2 fully saturated rings. The van der Waals surface area contributed by atoms with Crippen LogP contribution >= 0.6 is 0 Å². The molecule has 30 heavy (non-hydrogen) atoms. The summed E-state index contributed by atoms with van der Waals surface area (Å²) in [6.45, 7) is 5.73. The number of hydrogen-bond acceptors (Lipinski definition) is 5. The summed E-state index contributed by atoms with van der Waals surface area (Å²) in [7, 11) is 0. The number of anilines is 1. The first-order valence-corrected chi connectivity index (χ1v) is 10.7. The fourth-order valence-corrected chi connectivity index (χ4v) is 4.76. The topological polar surface area (TPSA) is 80.3 Å². The quantitative estimate of drug-likeness (QED) is 0.643. The van der Waals surface area contributed by atoms with Gasteiger partial charge in [0.1, 0.15) is 12.0 Å². The van der Waals surface area contributed by atoms with Crippen LogP contribution in [-0.4, -0.2) is 43.7 Å². The molecular formula is C22H24N6O2. The fourth-order valence-electron chi connectivity index (χ4n) is 4.76. The molecule has 3 aromatic rings. The van der Waals surface area contributed by atoms with Crippen LogP contribution in [0, 0.1) is 0 Å². The lowest BCUT2D eigenvalue weighted by Gasteiger charge is -2.45. The van der Waals surface area contributed by atoms with E-state index in [-0.39, 0.29) is 6.03 Å². The molecule has 6 rings (SSSR count). The van der Waals surface area contributed by atoms with Crippen LogP contribution in [0.3, 0.4) is 0 Å². The van der Waals surface area contributed by atoms with E-state index >= 15 is 0 Å². The van der Waals surface area contributed by atoms with Crippen molar-refractivity contribution in [2.45, 2.75) is 51.0 Å². The lowest BCUT2D eigenvalue weighted by molar-refractivity contribution is 0.207. The monoisotopic (exact) mass is 404 g/mol. The van der Waals surface area contributed by atoms with Gasteiger partial charge >= 0.3 is 6.03 Å². The van der Waals surface area contributed by atoms with Crippen molar-refractivity contribution in [1.82, 2.24) is 24.6 Å². The van der Waals surface area contributed by atoms with Gasteiger partial charge in [0.15, 0.2) is 0 Å². The number of likely N-dealkylation sites (tertiary alicyclic amines) is 1. The summed E-state index contributed by atoms with van der Waals surface area (Å²) in [5, 5.41) is 4.22. The molecule has 3 aliphatic rings. The van der Waals surface area contributed by atoms with Crippen molar-refractivity contribution in [2.75, 3.05) is 18.0 Å². The van der Waals surface area contributed by atoms with Gasteiger partial charge in [0.25, 0.3) is 0 Å². The molecule has 0 bridgehead atoms. The molecular weight excluding hydrogens is 380 g/mol. The van der Waals surface area contributed by atoms with Gasteiger partial charge < -0.3 is 9.42 Å². The maximum Gasteiger partial charge on any atom is 0.325 e. The fraction of sp³-hybridized carbons (Fsp3) is 0.455. The average molecular weight is 404 g/mol. The number of para-hydroxylation sites is 2. The van der Waals surface area contributed by atoms with E-state index in [0.29, 0.717) is 23.3 Å². The van der Waals surface area contributed by atoms with Crippen molar-refractivity contribution in [2.24, 2.45) is 0 Å². The lowest BCUT2D eigenvalue weighted by Crippen LogP contribution is -2.54. The molecule has 1 aromatic carbocycles. The second kappa shape index (κ2) is 6.17. The van der Waals surface area contributed by atoms with Gasteiger partial charge in [0.05, 0.1) is 22.6 Å². The predicted octanol–water partition coefficient (Wildman–Crippen LogP) is 4.07. The summed E-state index contributed by atoms with van der Waals surface area (Å²) in [5.41, 5.74) is 2.76. The molecule has 2 amide bonds. The third-order valence-electron chi connectivity index (χ3n) is 6.44. The Morgan fingerprint density at radius 2 is 1.87 bits per heavy atom. The number of urea groups is 1. The number of carbonyl (C=O) groups excluding carboxylic acids is 1. The molecule has 0 N–H and O–H groups in total. The van der Waals surface area contributed by atoms with Crippen molar-refractivity contribution in [3.05, 3.63) is 42.2 Å². The van der Waals surface area contributed by atoms with E-state index in [1.165, 1.54) is 0 Å². The molecule has 8 nitrogen and oxygen atoms in total. The Bertz CT molecular complexity index is 1140. The van der Waals surface area contributed by atoms with Gasteiger partial charge in [-0.2, -0.15) is 4.98 Å². The van der Waals surface area contributed by atoms with Crippen LogP contribution in [0.2, 0.25) is 0 Å². The summed E-state index contributed by atoms with van der Waals surface area (Å²) in [6, 6.07) is 8.03. The van der Waals surface area contributed by atoms with Crippen LogP contribution in [0.1, 0.15) is 57.0 Å². The van der Waals surface area contributed by atoms with E-state index in [1.807, 2.05) is 34.1 Å². The minimum atomic E-state index is -0.639. The van der Waals surface area contributed by atoms with Gasteiger partial charge in [-0.25, -0.2) is 9.78 Å². The molecule has 1 saturated heterocycles. The zero-order chi connectivity index (χ0) is 20.5. The smallest absolute Gasteiger partial charge is 0.325 e. The minimum absolute atomic E-state index is 0.0372. The highest BCUT2D eigenvalue weighted by Crippen LogP contribution is 2.46. The van der Waals surface area contributed by atoms with Gasteiger partial charge in [0, 0.05) is 19.0 Å². The third kappa shape index (κ3) is 2.45. The first kappa shape index (κ1) is 17.7. The SMILES string of the molecule is CC1(C)c2c(-c3noc(C4CC4)n3)ncn2-c2ccccc2N1C(=O)N1CCCC1. The summed E-state index contributed by atoms with van der Waals surface area (Å²) in [4.78, 5) is 26.8. The highest BCUT2D eigenvalue weighted by molar-refractivity contribution is 5.97. The van der Waals surface area contributed by atoms with Crippen molar-refractivity contribution in [3.63, 3.8) is 0 Å². The van der Waals surface area contributed by atoms with Crippen LogP contribution in [0.5, 0.6) is 0 Å². The second-order valence-corrected chi connectivity index (χ2v) is 8.90. The lowest BCUT2D eigenvalue weighted by atomic mass is 9.91. The first-order valence-electron chi connectivity index (χ1n) is 10.7. The van der Waals surface area contributed by atoms with E-state index < -0.39 is 5.54 Å². The summed E-state index contributed by atoms with van der Waals surface area (Å²) < 4.78 is 7.56. The molecule has 154 valence electrons. The van der Waals surface area contributed by atoms with Gasteiger partial charge in [0.2, 0.25) is 11.7 Å². The molecule has 4 heterocycles.